The monoisotopic (exact) mass is 757 g/mol. The molecule has 6 atom stereocenters. The van der Waals surface area contributed by atoms with Gasteiger partial charge in [-0.3, -0.25) is 0 Å². The van der Waals surface area contributed by atoms with E-state index in [2.05, 4.69) is 67.4 Å². The highest BCUT2D eigenvalue weighted by atomic mass is 32.2. The molecule has 1 saturated carbocycles. The predicted molar refractivity (Wildman–Crippen MR) is 216 cm³/mol. The lowest BCUT2D eigenvalue weighted by atomic mass is 9.56. The fourth-order valence-electron chi connectivity index (χ4n) is 8.12. The molecule has 1 fully saturated rings. The molecule has 0 bridgehead atoms. The SMILES string of the molecule is C=CCOC12Oc3ccc(Oc4ccc(SC)cc4)cc3C3C(CCCCO)C(CCCCO)C=C(C(=NOC(C)(C)C)CC1Sc1ccccc1)C32. The van der Waals surface area contributed by atoms with Gasteiger partial charge in [0.2, 0.25) is 5.79 Å². The average Bonchev–Trinajstić information content (AvgIpc) is 3.15. The van der Waals surface area contributed by atoms with Gasteiger partial charge in [-0.15, -0.1) is 30.1 Å². The first-order valence-corrected chi connectivity index (χ1v) is 21.1. The Morgan fingerprint density at radius 2 is 1.64 bits per heavy atom. The van der Waals surface area contributed by atoms with Crippen LogP contribution in [0.1, 0.15) is 77.2 Å². The number of aliphatic hydroxyl groups is 2. The Hall–Kier alpha value is -3.21. The first-order valence-electron chi connectivity index (χ1n) is 19.0. The van der Waals surface area contributed by atoms with E-state index >= 15 is 0 Å². The lowest BCUT2D eigenvalue weighted by Gasteiger charge is -2.58. The van der Waals surface area contributed by atoms with Crippen LogP contribution in [0.4, 0.5) is 0 Å². The van der Waals surface area contributed by atoms with Crippen molar-refractivity contribution in [3.63, 3.8) is 0 Å². The third kappa shape index (κ3) is 9.19. The number of thioether (sulfide) groups is 2. The van der Waals surface area contributed by atoms with E-state index in [1.54, 1.807) is 29.6 Å². The van der Waals surface area contributed by atoms with E-state index in [0.717, 1.165) is 77.5 Å². The smallest absolute Gasteiger partial charge is 0.231 e. The van der Waals surface area contributed by atoms with E-state index in [1.807, 2.05) is 45.0 Å². The van der Waals surface area contributed by atoms with Crippen LogP contribution in [0.15, 0.2) is 112 Å². The average molecular weight is 758 g/mol. The number of aliphatic hydroxyl groups excluding tert-OH is 2. The molecule has 6 rings (SSSR count). The first-order chi connectivity index (χ1) is 25.7. The molecule has 2 N–H and O–H groups in total. The summed E-state index contributed by atoms with van der Waals surface area (Å²) in [5.41, 5.74) is 2.67. The molecule has 3 aromatic carbocycles. The van der Waals surface area contributed by atoms with Crippen LogP contribution in [0, 0.1) is 17.8 Å². The molecule has 0 aromatic heterocycles. The lowest BCUT2D eigenvalue weighted by Crippen LogP contribution is -2.64. The number of allylic oxidation sites excluding steroid dienone is 1. The van der Waals surface area contributed by atoms with E-state index in [9.17, 15) is 10.2 Å². The van der Waals surface area contributed by atoms with Gasteiger partial charge in [0.25, 0.3) is 0 Å². The van der Waals surface area contributed by atoms with Gasteiger partial charge in [0.15, 0.2) is 0 Å². The molecule has 0 amide bonds. The third-order valence-electron chi connectivity index (χ3n) is 10.4. The van der Waals surface area contributed by atoms with Crippen molar-refractivity contribution in [1.29, 1.82) is 0 Å². The maximum Gasteiger partial charge on any atom is 0.231 e. The zero-order valence-corrected chi connectivity index (χ0v) is 33.2. The Labute approximate surface area is 324 Å². The Balaban J connectivity index is 1.55. The molecular weight excluding hydrogens is 703 g/mol. The zero-order chi connectivity index (χ0) is 37.4. The van der Waals surface area contributed by atoms with Gasteiger partial charge in [-0.05, 0) is 125 Å². The topological polar surface area (TPSA) is 89.7 Å². The summed E-state index contributed by atoms with van der Waals surface area (Å²) in [5, 5.41) is 24.5. The standard InChI is InChI=1S/C44H55NO6S2/c1-6-26-48-44-40(53-34-15-8-7-9-16-34)29-38(45-51-43(2,3)4)36-27-30(14-10-12-24-46)35(17-11-13-25-47)41(42(36)44)37-28-32(20-23-39(37)50-44)49-31-18-21-33(52-5)22-19-31/h6-9,15-16,18-23,27-28,30,35,40-42,46-47H,1,10-14,17,24-26,29H2,2-5H3. The molecule has 3 aromatic rings. The number of hydrogen-bond donors (Lipinski definition) is 2. The second kappa shape index (κ2) is 17.9. The van der Waals surface area contributed by atoms with Crippen LogP contribution in [0.3, 0.4) is 0 Å². The van der Waals surface area contributed by atoms with E-state index in [-0.39, 0.29) is 42.1 Å². The Kier molecular flexibility index (Phi) is 13.4. The van der Waals surface area contributed by atoms with Gasteiger partial charge < -0.3 is 29.3 Å². The fourth-order valence-corrected chi connectivity index (χ4v) is 9.84. The number of oxime groups is 1. The third-order valence-corrected chi connectivity index (χ3v) is 12.4. The molecular formula is C44H55NO6S2. The molecule has 1 heterocycles. The van der Waals surface area contributed by atoms with Gasteiger partial charge in [-0.2, -0.15) is 0 Å². The summed E-state index contributed by atoms with van der Waals surface area (Å²) in [6, 6.07) is 24.8. The Bertz CT molecular complexity index is 1720. The van der Waals surface area contributed by atoms with Crippen LogP contribution in [0.25, 0.3) is 0 Å². The van der Waals surface area contributed by atoms with Crippen molar-refractivity contribution in [2.75, 3.05) is 26.1 Å². The molecule has 9 heteroatoms. The molecule has 284 valence electrons. The zero-order valence-electron chi connectivity index (χ0n) is 31.5. The summed E-state index contributed by atoms with van der Waals surface area (Å²) < 4.78 is 20.9. The van der Waals surface area contributed by atoms with Gasteiger partial charge >= 0.3 is 0 Å². The van der Waals surface area contributed by atoms with Crippen LogP contribution in [-0.4, -0.2) is 58.6 Å². The van der Waals surface area contributed by atoms with Gasteiger partial charge in [-0.25, -0.2) is 0 Å². The minimum Gasteiger partial charge on any atom is -0.460 e. The summed E-state index contributed by atoms with van der Waals surface area (Å²) >= 11 is 3.47. The maximum absolute atomic E-state index is 9.90. The molecule has 0 spiro atoms. The van der Waals surface area contributed by atoms with Crippen molar-refractivity contribution < 1.29 is 29.3 Å². The molecule has 0 radical (unpaired) electrons. The summed E-state index contributed by atoms with van der Waals surface area (Å²) in [4.78, 5) is 8.53. The summed E-state index contributed by atoms with van der Waals surface area (Å²) in [6.07, 6.45) is 12.1. The van der Waals surface area contributed by atoms with Gasteiger partial charge in [0.1, 0.15) is 22.8 Å². The van der Waals surface area contributed by atoms with E-state index in [1.165, 1.54) is 4.90 Å². The molecule has 0 saturated heterocycles. The van der Waals surface area contributed by atoms with Crippen LogP contribution >= 0.6 is 23.5 Å². The molecule has 3 aliphatic rings. The number of hydrogen-bond acceptors (Lipinski definition) is 9. The van der Waals surface area contributed by atoms with Crippen molar-refractivity contribution in [1.82, 2.24) is 0 Å². The minimum atomic E-state index is -1.04. The normalized spacial score (nSPS) is 25.5. The summed E-state index contributed by atoms with van der Waals surface area (Å²) in [5.74, 6) is 1.49. The van der Waals surface area contributed by atoms with Crippen LogP contribution < -0.4 is 9.47 Å². The first kappa shape index (κ1) is 39.5. The van der Waals surface area contributed by atoms with Crippen molar-refractivity contribution in [3.8, 4) is 17.2 Å². The molecule has 6 unspecified atom stereocenters. The van der Waals surface area contributed by atoms with Crippen molar-refractivity contribution >= 4 is 29.2 Å². The molecule has 1 aliphatic heterocycles. The van der Waals surface area contributed by atoms with E-state index < -0.39 is 11.4 Å². The fraction of sp³-hybridized carbons (Fsp3) is 0.477. The summed E-state index contributed by atoms with van der Waals surface area (Å²) in [6.45, 7) is 10.8. The van der Waals surface area contributed by atoms with E-state index in [4.69, 9.17) is 24.2 Å². The largest absolute Gasteiger partial charge is 0.460 e. The van der Waals surface area contributed by atoms with E-state index in [0.29, 0.717) is 13.0 Å². The molecule has 7 nitrogen and oxygen atoms in total. The number of rotatable bonds is 17. The highest BCUT2D eigenvalue weighted by Gasteiger charge is 2.64. The second-order valence-electron chi connectivity index (χ2n) is 15.2. The Morgan fingerprint density at radius 3 is 2.32 bits per heavy atom. The second-order valence-corrected chi connectivity index (χ2v) is 17.3. The van der Waals surface area contributed by atoms with Crippen molar-refractivity contribution in [2.45, 2.75) is 98.1 Å². The number of benzene rings is 3. The molecule has 2 aliphatic carbocycles. The summed E-state index contributed by atoms with van der Waals surface area (Å²) in [7, 11) is 0. The molecule has 53 heavy (non-hydrogen) atoms. The highest BCUT2D eigenvalue weighted by Crippen LogP contribution is 2.63. The van der Waals surface area contributed by atoms with Gasteiger partial charge in [0.05, 0.1) is 23.5 Å². The van der Waals surface area contributed by atoms with Crippen molar-refractivity contribution in [2.24, 2.45) is 22.9 Å². The number of unbranched alkanes of at least 4 members (excludes halogenated alkanes) is 2. The maximum atomic E-state index is 9.90. The van der Waals surface area contributed by atoms with Gasteiger partial charge in [-0.1, -0.05) is 48.3 Å². The lowest BCUT2D eigenvalue weighted by molar-refractivity contribution is -0.223. The van der Waals surface area contributed by atoms with Crippen LogP contribution in [0.5, 0.6) is 17.2 Å². The van der Waals surface area contributed by atoms with Gasteiger partial charge in [0, 0.05) is 40.9 Å². The predicted octanol–water partition coefficient (Wildman–Crippen LogP) is 10.4. The quantitative estimate of drug-likeness (QED) is 0.0609. The van der Waals surface area contributed by atoms with Crippen LogP contribution in [0.2, 0.25) is 0 Å². The van der Waals surface area contributed by atoms with Crippen molar-refractivity contribution in [3.05, 3.63) is 103 Å². The number of fused-ring (bicyclic) bond motifs is 2. The number of nitrogens with zero attached hydrogens (tertiary/aromatic N) is 1. The highest BCUT2D eigenvalue weighted by molar-refractivity contribution is 8.00. The minimum absolute atomic E-state index is 0.0113. The Morgan fingerprint density at radius 1 is 0.925 bits per heavy atom. The number of ether oxygens (including phenoxy) is 3. The van der Waals surface area contributed by atoms with Crippen LogP contribution in [-0.2, 0) is 9.57 Å².